The van der Waals surface area contributed by atoms with E-state index >= 15 is 0 Å². The van der Waals surface area contributed by atoms with Crippen molar-refractivity contribution in [2.24, 2.45) is 0 Å². The van der Waals surface area contributed by atoms with Gasteiger partial charge >= 0.3 is 6.18 Å². The molecule has 0 saturated heterocycles. The normalized spacial score (nSPS) is 11.8. The molecule has 0 amide bonds. The van der Waals surface area contributed by atoms with Crippen molar-refractivity contribution in [2.45, 2.75) is 19.6 Å². The molecule has 1 aromatic carbocycles. The summed E-state index contributed by atoms with van der Waals surface area (Å²) in [4.78, 5) is 0. The van der Waals surface area contributed by atoms with E-state index in [2.05, 4.69) is 5.10 Å². The molecule has 0 aliphatic carbocycles. The van der Waals surface area contributed by atoms with Gasteiger partial charge in [0.2, 0.25) is 0 Å². The van der Waals surface area contributed by atoms with Crippen molar-refractivity contribution in [3.63, 3.8) is 0 Å². The van der Waals surface area contributed by atoms with E-state index in [0.29, 0.717) is 12.2 Å². The first-order chi connectivity index (χ1) is 8.02. The lowest BCUT2D eigenvalue weighted by Gasteiger charge is -2.03. The van der Waals surface area contributed by atoms with Gasteiger partial charge in [0, 0.05) is 6.54 Å². The minimum Gasteiger partial charge on any atom is -0.265 e. The Labute approximate surface area is 96.7 Å². The molecule has 0 atom stereocenters. The average Bonchev–Trinajstić information content (AvgIpc) is 2.73. The van der Waals surface area contributed by atoms with Gasteiger partial charge in [0.15, 0.2) is 5.69 Å². The van der Waals surface area contributed by atoms with Crippen LogP contribution in [-0.4, -0.2) is 9.78 Å². The lowest BCUT2D eigenvalue weighted by molar-refractivity contribution is -0.141. The predicted octanol–water partition coefficient (Wildman–Crippen LogP) is 3.59. The number of rotatable bonds is 2. The van der Waals surface area contributed by atoms with Gasteiger partial charge in [0.1, 0.15) is 0 Å². The van der Waals surface area contributed by atoms with Crippen molar-refractivity contribution in [2.75, 3.05) is 0 Å². The molecule has 0 fully saturated rings. The molecule has 2 aromatic rings. The molecule has 2 rings (SSSR count). The van der Waals surface area contributed by atoms with Gasteiger partial charge < -0.3 is 0 Å². The molecule has 90 valence electrons. The number of aryl methyl sites for hydroxylation is 1. The highest BCUT2D eigenvalue weighted by molar-refractivity contribution is 5.60. The van der Waals surface area contributed by atoms with Crippen LogP contribution in [0.4, 0.5) is 13.2 Å². The maximum atomic E-state index is 12.6. The number of alkyl halides is 3. The summed E-state index contributed by atoms with van der Waals surface area (Å²) >= 11 is 0. The molecule has 5 heteroatoms. The molecule has 1 heterocycles. The first-order valence-electron chi connectivity index (χ1n) is 5.23. The molecule has 0 bridgehead atoms. The molecule has 0 N–H and O–H groups in total. The van der Waals surface area contributed by atoms with Crippen LogP contribution in [0, 0.1) is 0 Å². The van der Waals surface area contributed by atoms with E-state index in [1.54, 1.807) is 31.2 Å². The number of aromatic nitrogens is 2. The van der Waals surface area contributed by atoms with Gasteiger partial charge in [-0.15, -0.1) is 0 Å². The molecule has 2 nitrogen and oxygen atoms in total. The Balaban J connectivity index is 2.51. The summed E-state index contributed by atoms with van der Waals surface area (Å²) in [6.45, 7) is 2.17. The Bertz CT molecular complexity index is 500. The van der Waals surface area contributed by atoms with Crippen LogP contribution < -0.4 is 0 Å². The van der Waals surface area contributed by atoms with E-state index in [1.165, 1.54) is 4.68 Å². The smallest absolute Gasteiger partial charge is 0.265 e. The number of halogens is 3. The molecule has 0 saturated carbocycles. The maximum absolute atomic E-state index is 12.6. The number of benzene rings is 1. The summed E-state index contributed by atoms with van der Waals surface area (Å²) in [5, 5.41) is 3.57. The highest BCUT2D eigenvalue weighted by Crippen LogP contribution is 2.31. The van der Waals surface area contributed by atoms with E-state index in [1.807, 2.05) is 6.07 Å². The van der Waals surface area contributed by atoms with Gasteiger partial charge in [-0.2, -0.15) is 18.3 Å². The molecule has 0 aliphatic heterocycles. The number of hydrogen-bond donors (Lipinski definition) is 0. The zero-order valence-corrected chi connectivity index (χ0v) is 9.20. The monoisotopic (exact) mass is 240 g/mol. The highest BCUT2D eigenvalue weighted by atomic mass is 19.4. The van der Waals surface area contributed by atoms with Crippen LogP contribution in [0.3, 0.4) is 0 Å². The molecule has 17 heavy (non-hydrogen) atoms. The van der Waals surface area contributed by atoms with E-state index < -0.39 is 11.9 Å². The second-order valence-electron chi connectivity index (χ2n) is 3.59. The SMILES string of the molecule is CCn1nc(C(F)(F)F)cc1-c1ccccc1. The minimum atomic E-state index is -4.40. The summed E-state index contributed by atoms with van der Waals surface area (Å²) in [5.74, 6) is 0. The fourth-order valence-electron chi connectivity index (χ4n) is 1.64. The lowest BCUT2D eigenvalue weighted by Crippen LogP contribution is -2.07. The largest absolute Gasteiger partial charge is 0.435 e. The molecule has 0 spiro atoms. The Hall–Kier alpha value is -1.78. The van der Waals surface area contributed by atoms with Crippen LogP contribution in [-0.2, 0) is 12.7 Å². The molecule has 1 aromatic heterocycles. The summed E-state index contributed by atoms with van der Waals surface area (Å²) in [7, 11) is 0. The Morgan fingerprint density at radius 1 is 1.18 bits per heavy atom. The molecular weight excluding hydrogens is 229 g/mol. The Morgan fingerprint density at radius 3 is 2.35 bits per heavy atom. The van der Waals surface area contributed by atoms with Crippen molar-refractivity contribution in [3.05, 3.63) is 42.1 Å². The van der Waals surface area contributed by atoms with Crippen molar-refractivity contribution in [1.29, 1.82) is 0 Å². The Kier molecular flexibility index (Phi) is 2.92. The topological polar surface area (TPSA) is 17.8 Å². The van der Waals surface area contributed by atoms with Crippen molar-refractivity contribution < 1.29 is 13.2 Å². The maximum Gasteiger partial charge on any atom is 0.435 e. The van der Waals surface area contributed by atoms with Crippen LogP contribution in [0.1, 0.15) is 12.6 Å². The van der Waals surface area contributed by atoms with Crippen molar-refractivity contribution >= 4 is 0 Å². The molecular formula is C12H11F3N2. The van der Waals surface area contributed by atoms with Crippen LogP contribution in [0.15, 0.2) is 36.4 Å². The van der Waals surface area contributed by atoms with Gasteiger partial charge in [0.25, 0.3) is 0 Å². The third kappa shape index (κ3) is 2.33. The fourth-order valence-corrected chi connectivity index (χ4v) is 1.64. The van der Waals surface area contributed by atoms with Gasteiger partial charge in [-0.1, -0.05) is 30.3 Å². The van der Waals surface area contributed by atoms with Crippen molar-refractivity contribution in [1.82, 2.24) is 9.78 Å². The van der Waals surface area contributed by atoms with Crippen LogP contribution in [0.2, 0.25) is 0 Å². The second-order valence-corrected chi connectivity index (χ2v) is 3.59. The highest BCUT2D eigenvalue weighted by Gasteiger charge is 2.34. The summed E-state index contributed by atoms with van der Waals surface area (Å²) < 4.78 is 39.0. The first-order valence-corrected chi connectivity index (χ1v) is 5.23. The molecule has 0 aliphatic rings. The van der Waals surface area contributed by atoms with Crippen LogP contribution >= 0.6 is 0 Å². The molecule has 0 radical (unpaired) electrons. The van der Waals surface area contributed by atoms with Gasteiger partial charge in [-0.05, 0) is 18.6 Å². The standard InChI is InChI=1S/C12H11F3N2/c1-2-17-10(9-6-4-3-5-7-9)8-11(16-17)12(13,14)15/h3-8H,2H2,1H3. The van der Waals surface area contributed by atoms with E-state index in [0.717, 1.165) is 11.6 Å². The van der Waals surface area contributed by atoms with E-state index in [4.69, 9.17) is 0 Å². The zero-order chi connectivity index (χ0) is 12.5. The van der Waals surface area contributed by atoms with E-state index in [9.17, 15) is 13.2 Å². The Morgan fingerprint density at radius 2 is 1.82 bits per heavy atom. The van der Waals surface area contributed by atoms with Crippen LogP contribution in [0.5, 0.6) is 0 Å². The van der Waals surface area contributed by atoms with Gasteiger partial charge in [-0.25, -0.2) is 0 Å². The third-order valence-electron chi connectivity index (χ3n) is 2.44. The fraction of sp³-hybridized carbons (Fsp3) is 0.250. The number of nitrogens with zero attached hydrogens (tertiary/aromatic N) is 2. The quantitative estimate of drug-likeness (QED) is 0.784. The molecule has 0 unspecified atom stereocenters. The first kappa shape index (κ1) is 11.7. The van der Waals surface area contributed by atoms with Crippen LogP contribution in [0.25, 0.3) is 11.3 Å². The van der Waals surface area contributed by atoms with Crippen molar-refractivity contribution in [3.8, 4) is 11.3 Å². The zero-order valence-electron chi connectivity index (χ0n) is 9.20. The summed E-state index contributed by atoms with van der Waals surface area (Å²) in [6, 6.07) is 10.0. The van der Waals surface area contributed by atoms with Gasteiger partial charge in [0.05, 0.1) is 5.69 Å². The van der Waals surface area contributed by atoms with E-state index in [-0.39, 0.29) is 0 Å². The minimum absolute atomic E-state index is 0.403. The number of hydrogen-bond acceptors (Lipinski definition) is 1. The third-order valence-corrected chi connectivity index (χ3v) is 2.44. The summed E-state index contributed by atoms with van der Waals surface area (Å²) in [6.07, 6.45) is -4.40. The second kappa shape index (κ2) is 4.24. The lowest BCUT2D eigenvalue weighted by atomic mass is 10.1. The average molecular weight is 240 g/mol. The predicted molar refractivity (Wildman–Crippen MR) is 58.3 cm³/mol. The summed E-state index contributed by atoms with van der Waals surface area (Å²) in [5.41, 5.74) is 0.371. The van der Waals surface area contributed by atoms with Gasteiger partial charge in [-0.3, -0.25) is 4.68 Å².